The van der Waals surface area contributed by atoms with Gasteiger partial charge in [0.25, 0.3) is 0 Å². The maximum atomic E-state index is 2.54. The SMILES string of the molecule is CC1CCC(C2CCC(C)C(C)C2C)CC1C. The lowest BCUT2D eigenvalue weighted by atomic mass is 9.60. The first kappa shape index (κ1) is 13.4. The summed E-state index contributed by atoms with van der Waals surface area (Å²) < 4.78 is 0. The van der Waals surface area contributed by atoms with Gasteiger partial charge >= 0.3 is 0 Å². The molecule has 2 aliphatic rings. The van der Waals surface area contributed by atoms with Crippen LogP contribution in [0.15, 0.2) is 0 Å². The lowest BCUT2D eigenvalue weighted by Crippen LogP contribution is -2.37. The van der Waals surface area contributed by atoms with Gasteiger partial charge in [0, 0.05) is 0 Å². The van der Waals surface area contributed by atoms with Crippen molar-refractivity contribution in [2.75, 3.05) is 0 Å². The van der Waals surface area contributed by atoms with E-state index in [9.17, 15) is 0 Å². The summed E-state index contributed by atoms with van der Waals surface area (Å²) in [5, 5.41) is 0. The van der Waals surface area contributed by atoms with Gasteiger partial charge in [0.2, 0.25) is 0 Å². The minimum absolute atomic E-state index is 0.948. The summed E-state index contributed by atoms with van der Waals surface area (Å²) >= 11 is 0. The minimum atomic E-state index is 0.948. The third-order valence-electron chi connectivity index (χ3n) is 6.60. The second kappa shape index (κ2) is 5.33. The largest absolute Gasteiger partial charge is 0.0623 e. The van der Waals surface area contributed by atoms with E-state index in [0.717, 1.165) is 41.4 Å². The molecule has 0 heterocycles. The number of rotatable bonds is 1. The summed E-state index contributed by atoms with van der Waals surface area (Å²) in [6.45, 7) is 12.4. The van der Waals surface area contributed by atoms with Crippen LogP contribution in [0.4, 0.5) is 0 Å². The van der Waals surface area contributed by atoms with Crippen LogP contribution in [-0.4, -0.2) is 0 Å². The van der Waals surface area contributed by atoms with Crippen molar-refractivity contribution in [1.29, 1.82) is 0 Å². The highest BCUT2D eigenvalue weighted by Gasteiger charge is 2.38. The molecule has 0 aromatic rings. The molecule has 0 aromatic heterocycles. The van der Waals surface area contributed by atoms with Crippen LogP contribution in [0.2, 0.25) is 0 Å². The van der Waals surface area contributed by atoms with Crippen LogP contribution in [0.25, 0.3) is 0 Å². The standard InChI is InChI=1S/C17H32/c1-11-6-8-16(10-13(11)3)17-9-7-12(2)14(4)15(17)5/h11-17H,6-10H2,1-5H3. The van der Waals surface area contributed by atoms with E-state index < -0.39 is 0 Å². The molecule has 2 rings (SSSR count). The maximum absolute atomic E-state index is 2.54. The molecule has 2 saturated carbocycles. The van der Waals surface area contributed by atoms with Crippen LogP contribution in [0.5, 0.6) is 0 Å². The Morgan fingerprint density at radius 1 is 0.588 bits per heavy atom. The molecule has 0 N–H and O–H groups in total. The van der Waals surface area contributed by atoms with E-state index in [1.165, 1.54) is 32.1 Å². The Kier molecular flexibility index (Phi) is 4.21. The highest BCUT2D eigenvalue weighted by atomic mass is 14.4. The van der Waals surface area contributed by atoms with E-state index in [1.54, 1.807) is 0 Å². The second-order valence-corrected chi connectivity index (χ2v) is 7.46. The molecule has 0 heteroatoms. The summed E-state index contributed by atoms with van der Waals surface area (Å²) in [7, 11) is 0. The zero-order valence-electron chi connectivity index (χ0n) is 12.6. The van der Waals surface area contributed by atoms with E-state index in [0.29, 0.717) is 0 Å². The first-order chi connectivity index (χ1) is 8.00. The summed E-state index contributed by atoms with van der Waals surface area (Å²) in [4.78, 5) is 0. The minimum Gasteiger partial charge on any atom is -0.0623 e. The Bertz CT molecular complexity index is 244. The van der Waals surface area contributed by atoms with E-state index >= 15 is 0 Å². The highest BCUT2D eigenvalue weighted by Crippen LogP contribution is 2.47. The summed E-state index contributed by atoms with van der Waals surface area (Å²) in [6.07, 6.45) is 7.51. The van der Waals surface area contributed by atoms with Crippen molar-refractivity contribution in [1.82, 2.24) is 0 Å². The Morgan fingerprint density at radius 3 is 1.88 bits per heavy atom. The predicted octanol–water partition coefficient (Wildman–Crippen LogP) is 5.38. The predicted molar refractivity (Wildman–Crippen MR) is 75.9 cm³/mol. The monoisotopic (exact) mass is 236 g/mol. The average Bonchev–Trinajstić information content (AvgIpc) is 2.30. The fraction of sp³-hybridized carbons (Fsp3) is 1.00. The molecule has 0 amide bonds. The van der Waals surface area contributed by atoms with Gasteiger partial charge in [-0.05, 0) is 60.7 Å². The van der Waals surface area contributed by atoms with Crippen molar-refractivity contribution in [2.24, 2.45) is 41.4 Å². The van der Waals surface area contributed by atoms with Gasteiger partial charge in [-0.1, -0.05) is 47.5 Å². The first-order valence-corrected chi connectivity index (χ1v) is 8.00. The van der Waals surface area contributed by atoms with Crippen molar-refractivity contribution in [3.8, 4) is 0 Å². The van der Waals surface area contributed by atoms with Crippen molar-refractivity contribution in [3.63, 3.8) is 0 Å². The number of hydrogen-bond acceptors (Lipinski definition) is 0. The molecule has 0 aromatic carbocycles. The second-order valence-electron chi connectivity index (χ2n) is 7.46. The van der Waals surface area contributed by atoms with Crippen LogP contribution in [0.1, 0.15) is 66.7 Å². The van der Waals surface area contributed by atoms with Gasteiger partial charge in [0.05, 0.1) is 0 Å². The smallest absolute Gasteiger partial charge is 0.0357 e. The first-order valence-electron chi connectivity index (χ1n) is 8.00. The van der Waals surface area contributed by atoms with Crippen LogP contribution >= 0.6 is 0 Å². The molecule has 0 aliphatic heterocycles. The van der Waals surface area contributed by atoms with Crippen molar-refractivity contribution >= 4 is 0 Å². The molecule has 100 valence electrons. The quantitative estimate of drug-likeness (QED) is 0.573. The average molecular weight is 236 g/mol. The van der Waals surface area contributed by atoms with Crippen LogP contribution in [0.3, 0.4) is 0 Å². The van der Waals surface area contributed by atoms with Gasteiger partial charge in [-0.15, -0.1) is 0 Å². The Hall–Kier alpha value is 0. The molecular weight excluding hydrogens is 204 g/mol. The molecule has 7 unspecified atom stereocenters. The fourth-order valence-corrected chi connectivity index (χ4v) is 4.53. The highest BCUT2D eigenvalue weighted by molar-refractivity contribution is 4.88. The fourth-order valence-electron chi connectivity index (χ4n) is 4.53. The van der Waals surface area contributed by atoms with Gasteiger partial charge in [-0.3, -0.25) is 0 Å². The van der Waals surface area contributed by atoms with Crippen LogP contribution < -0.4 is 0 Å². The van der Waals surface area contributed by atoms with Gasteiger partial charge in [-0.25, -0.2) is 0 Å². The molecule has 0 radical (unpaired) electrons. The maximum Gasteiger partial charge on any atom is -0.0357 e. The van der Waals surface area contributed by atoms with Gasteiger partial charge in [0.1, 0.15) is 0 Å². The zero-order valence-corrected chi connectivity index (χ0v) is 12.6. The lowest BCUT2D eigenvalue weighted by molar-refractivity contribution is 0.0452. The normalized spacial score (nSPS) is 52.4. The summed E-state index contributed by atoms with van der Waals surface area (Å²) in [6, 6.07) is 0. The van der Waals surface area contributed by atoms with Crippen molar-refractivity contribution in [3.05, 3.63) is 0 Å². The van der Waals surface area contributed by atoms with E-state index in [4.69, 9.17) is 0 Å². The molecule has 0 saturated heterocycles. The summed E-state index contributed by atoms with van der Waals surface area (Å²) in [5.74, 6) is 6.90. The van der Waals surface area contributed by atoms with Gasteiger partial charge in [-0.2, -0.15) is 0 Å². The Morgan fingerprint density at radius 2 is 1.24 bits per heavy atom. The summed E-state index contributed by atoms with van der Waals surface area (Å²) in [5.41, 5.74) is 0. The third-order valence-corrected chi connectivity index (χ3v) is 6.60. The Labute approximate surface area is 109 Å². The molecule has 0 spiro atoms. The molecule has 2 fully saturated rings. The molecule has 0 bridgehead atoms. The van der Waals surface area contributed by atoms with Crippen molar-refractivity contribution < 1.29 is 0 Å². The Balaban J connectivity index is 1.98. The molecule has 2 aliphatic carbocycles. The van der Waals surface area contributed by atoms with E-state index in [2.05, 4.69) is 34.6 Å². The van der Waals surface area contributed by atoms with Crippen molar-refractivity contribution in [2.45, 2.75) is 66.7 Å². The zero-order chi connectivity index (χ0) is 12.6. The molecule has 17 heavy (non-hydrogen) atoms. The lowest BCUT2D eigenvalue weighted by Gasteiger charge is -2.45. The molecule has 0 nitrogen and oxygen atoms in total. The topological polar surface area (TPSA) is 0 Å². The van der Waals surface area contributed by atoms with Crippen LogP contribution in [0, 0.1) is 41.4 Å². The number of hydrogen-bond donors (Lipinski definition) is 0. The third kappa shape index (κ3) is 2.71. The van der Waals surface area contributed by atoms with Gasteiger partial charge < -0.3 is 0 Å². The van der Waals surface area contributed by atoms with E-state index in [1.807, 2.05) is 0 Å². The van der Waals surface area contributed by atoms with Crippen LogP contribution in [-0.2, 0) is 0 Å². The van der Waals surface area contributed by atoms with E-state index in [-0.39, 0.29) is 0 Å². The molecular formula is C17H32. The van der Waals surface area contributed by atoms with Gasteiger partial charge in [0.15, 0.2) is 0 Å². The molecule has 7 atom stereocenters.